The zero-order chi connectivity index (χ0) is 17.6. The van der Waals surface area contributed by atoms with Gasteiger partial charge in [-0.25, -0.2) is 9.59 Å². The van der Waals surface area contributed by atoms with Crippen molar-refractivity contribution in [2.75, 3.05) is 7.11 Å². The number of rotatable bonds is 5. The number of esters is 1. The van der Waals surface area contributed by atoms with Crippen LogP contribution in [0.1, 0.15) is 26.3 Å². The summed E-state index contributed by atoms with van der Waals surface area (Å²) in [6.45, 7) is 5.02. The second kappa shape index (κ2) is 7.52. The second-order valence-corrected chi connectivity index (χ2v) is 5.67. The van der Waals surface area contributed by atoms with E-state index in [1.807, 2.05) is 0 Å². The Balaban J connectivity index is 2.94. The van der Waals surface area contributed by atoms with E-state index >= 15 is 0 Å². The Morgan fingerprint density at radius 3 is 2.61 bits per heavy atom. The van der Waals surface area contributed by atoms with Gasteiger partial charge in [-0.3, -0.25) is 0 Å². The van der Waals surface area contributed by atoms with E-state index in [0.717, 1.165) is 7.11 Å². The molecule has 1 heterocycles. The minimum absolute atomic E-state index is 0.143. The quantitative estimate of drug-likeness (QED) is 0.496. The first-order chi connectivity index (χ1) is 10.6. The number of carbonyl (C=O) groups excluding carboxylic acids is 2. The van der Waals surface area contributed by atoms with Crippen molar-refractivity contribution in [2.45, 2.75) is 38.8 Å². The van der Waals surface area contributed by atoms with Crippen molar-refractivity contribution < 1.29 is 24.0 Å². The van der Waals surface area contributed by atoms with Crippen LogP contribution in [0.5, 0.6) is 0 Å². The lowest BCUT2D eigenvalue weighted by atomic mass is 10.1. The molecule has 0 bridgehead atoms. The average Bonchev–Trinajstić information content (AvgIpc) is 2.44. The van der Waals surface area contributed by atoms with Crippen LogP contribution in [0, 0.1) is 10.1 Å². The molecule has 0 aliphatic carbocycles. The van der Waals surface area contributed by atoms with Gasteiger partial charge in [-0.15, -0.1) is 0 Å². The van der Waals surface area contributed by atoms with Gasteiger partial charge in [-0.2, -0.15) is 0 Å². The highest BCUT2D eigenvalue weighted by Crippen LogP contribution is 2.17. The maximum Gasteiger partial charge on any atom is 0.408 e. The summed E-state index contributed by atoms with van der Waals surface area (Å²) < 4.78 is 9.69. The third kappa shape index (κ3) is 5.89. The number of nitro groups is 1. The Morgan fingerprint density at radius 2 is 2.09 bits per heavy atom. The molecule has 0 saturated heterocycles. The summed E-state index contributed by atoms with van der Waals surface area (Å²) in [5.41, 5.74) is -0.547. The van der Waals surface area contributed by atoms with Gasteiger partial charge < -0.3 is 24.9 Å². The molecule has 0 radical (unpaired) electrons. The number of nitrogens with one attached hydrogen (secondary N) is 1. The standard InChI is InChI=1S/C14H19N3O6/c1-14(2,3)23-13(19)16-10(12(18)22-4)8-9-6-5-7-15-11(9)17(20)21/h5-7,10H,8H2,1-4H3,(H,16,19)/t10-/m0/s1. The molecule has 23 heavy (non-hydrogen) atoms. The van der Waals surface area contributed by atoms with Gasteiger partial charge in [0.2, 0.25) is 0 Å². The Kier molecular flexibility index (Phi) is 6.00. The van der Waals surface area contributed by atoms with Crippen LogP contribution in [0.25, 0.3) is 0 Å². The van der Waals surface area contributed by atoms with Crippen molar-refractivity contribution in [3.8, 4) is 0 Å². The molecule has 0 aromatic carbocycles. The van der Waals surface area contributed by atoms with Crippen molar-refractivity contribution in [1.82, 2.24) is 10.3 Å². The van der Waals surface area contributed by atoms with E-state index in [1.54, 1.807) is 20.8 Å². The molecule has 126 valence electrons. The minimum Gasteiger partial charge on any atom is -0.467 e. The lowest BCUT2D eigenvalue weighted by Gasteiger charge is -2.22. The van der Waals surface area contributed by atoms with Gasteiger partial charge in [-0.05, 0) is 42.8 Å². The first kappa shape index (κ1) is 18.3. The smallest absolute Gasteiger partial charge is 0.408 e. The lowest BCUT2D eigenvalue weighted by molar-refractivity contribution is -0.390. The molecule has 0 saturated carbocycles. The molecule has 1 rings (SSSR count). The van der Waals surface area contributed by atoms with Crippen molar-refractivity contribution in [2.24, 2.45) is 0 Å². The fraction of sp³-hybridized carbons (Fsp3) is 0.500. The topological polar surface area (TPSA) is 121 Å². The number of aromatic nitrogens is 1. The number of methoxy groups -OCH3 is 1. The number of hydrogen-bond donors (Lipinski definition) is 1. The number of carbonyl (C=O) groups is 2. The van der Waals surface area contributed by atoms with Gasteiger partial charge in [-0.1, -0.05) is 0 Å². The molecule has 0 aliphatic rings. The summed E-state index contributed by atoms with van der Waals surface area (Å²) in [7, 11) is 1.16. The first-order valence-electron chi connectivity index (χ1n) is 6.79. The second-order valence-electron chi connectivity index (χ2n) is 5.67. The van der Waals surface area contributed by atoms with Gasteiger partial charge in [0.15, 0.2) is 0 Å². The first-order valence-corrected chi connectivity index (χ1v) is 6.79. The zero-order valence-electron chi connectivity index (χ0n) is 13.4. The number of alkyl carbamates (subject to hydrolysis) is 1. The molecule has 1 atom stereocenters. The number of ether oxygens (including phenoxy) is 2. The van der Waals surface area contributed by atoms with E-state index < -0.39 is 28.6 Å². The van der Waals surface area contributed by atoms with Crippen LogP contribution in [0.3, 0.4) is 0 Å². The van der Waals surface area contributed by atoms with E-state index in [0.29, 0.717) is 0 Å². The summed E-state index contributed by atoms with van der Waals surface area (Å²) in [5.74, 6) is -1.12. The minimum atomic E-state index is -1.13. The van der Waals surface area contributed by atoms with Gasteiger partial charge >= 0.3 is 17.9 Å². The molecule has 9 heteroatoms. The average molecular weight is 325 g/mol. The van der Waals surface area contributed by atoms with Gasteiger partial charge in [0.25, 0.3) is 0 Å². The van der Waals surface area contributed by atoms with Crippen molar-refractivity contribution in [3.05, 3.63) is 34.0 Å². The molecule has 1 aromatic rings. The highest BCUT2D eigenvalue weighted by molar-refractivity contribution is 5.81. The number of amides is 1. The van der Waals surface area contributed by atoms with Crippen LogP contribution in [0.15, 0.2) is 18.3 Å². The zero-order valence-corrected chi connectivity index (χ0v) is 13.4. The van der Waals surface area contributed by atoms with Crippen LogP contribution in [0.4, 0.5) is 10.6 Å². The van der Waals surface area contributed by atoms with Crippen molar-refractivity contribution >= 4 is 17.9 Å². The Morgan fingerprint density at radius 1 is 1.43 bits per heavy atom. The van der Waals surface area contributed by atoms with Crippen molar-refractivity contribution in [3.63, 3.8) is 0 Å². The Labute approximate surface area is 133 Å². The van der Waals surface area contributed by atoms with E-state index in [1.165, 1.54) is 18.3 Å². The highest BCUT2D eigenvalue weighted by Gasteiger charge is 2.28. The van der Waals surface area contributed by atoms with Gasteiger partial charge in [0.1, 0.15) is 17.8 Å². The fourth-order valence-electron chi connectivity index (χ4n) is 1.76. The number of pyridine rings is 1. The predicted molar refractivity (Wildman–Crippen MR) is 79.8 cm³/mol. The monoisotopic (exact) mass is 325 g/mol. The molecule has 1 N–H and O–H groups in total. The van der Waals surface area contributed by atoms with E-state index in [9.17, 15) is 19.7 Å². The van der Waals surface area contributed by atoms with Crippen LogP contribution in [-0.2, 0) is 20.7 Å². The third-order valence-electron chi connectivity index (χ3n) is 2.64. The van der Waals surface area contributed by atoms with Gasteiger partial charge in [0, 0.05) is 6.42 Å². The molecule has 1 aromatic heterocycles. The van der Waals surface area contributed by atoms with E-state index in [4.69, 9.17) is 4.74 Å². The summed E-state index contributed by atoms with van der Waals surface area (Å²) >= 11 is 0. The van der Waals surface area contributed by atoms with Crippen molar-refractivity contribution in [1.29, 1.82) is 0 Å². The molecule has 0 unspecified atom stereocenters. The van der Waals surface area contributed by atoms with Crippen LogP contribution in [0.2, 0.25) is 0 Å². The van der Waals surface area contributed by atoms with E-state index in [-0.39, 0.29) is 17.8 Å². The Bertz CT molecular complexity index is 596. The lowest BCUT2D eigenvalue weighted by Crippen LogP contribution is -2.45. The highest BCUT2D eigenvalue weighted by atomic mass is 16.6. The summed E-state index contributed by atoms with van der Waals surface area (Å²) in [5, 5.41) is 13.3. The van der Waals surface area contributed by atoms with Crippen LogP contribution < -0.4 is 5.32 Å². The van der Waals surface area contributed by atoms with E-state index in [2.05, 4.69) is 15.0 Å². The summed E-state index contributed by atoms with van der Waals surface area (Å²) in [6.07, 6.45) is 0.311. The summed E-state index contributed by atoms with van der Waals surface area (Å²) in [6, 6.07) is 1.83. The summed E-state index contributed by atoms with van der Waals surface area (Å²) in [4.78, 5) is 37.6. The maximum atomic E-state index is 11.8. The molecule has 0 fully saturated rings. The molecule has 0 spiro atoms. The number of nitrogens with zero attached hydrogens (tertiary/aromatic N) is 2. The molecule has 9 nitrogen and oxygen atoms in total. The molecular formula is C14H19N3O6. The van der Waals surface area contributed by atoms with Crippen LogP contribution in [-0.4, -0.2) is 40.7 Å². The fourth-order valence-corrected chi connectivity index (χ4v) is 1.76. The SMILES string of the molecule is COC(=O)[C@H](Cc1cccnc1[N+](=O)[O-])NC(=O)OC(C)(C)C. The predicted octanol–water partition coefficient (Wildman–Crippen LogP) is 1.60. The van der Waals surface area contributed by atoms with Crippen LogP contribution >= 0.6 is 0 Å². The molecular weight excluding hydrogens is 306 g/mol. The third-order valence-corrected chi connectivity index (χ3v) is 2.64. The molecule has 0 aliphatic heterocycles. The maximum absolute atomic E-state index is 11.8. The Hall–Kier alpha value is -2.71. The number of hydrogen-bond acceptors (Lipinski definition) is 7. The largest absolute Gasteiger partial charge is 0.467 e. The normalized spacial score (nSPS) is 12.2. The molecule has 1 amide bonds. The van der Waals surface area contributed by atoms with Gasteiger partial charge in [0.05, 0.1) is 12.7 Å².